The Morgan fingerprint density at radius 3 is 2.80 bits per heavy atom. The molecule has 5 nitrogen and oxygen atoms in total. The number of nitrogens with zero attached hydrogens (tertiary/aromatic N) is 1. The Labute approximate surface area is 210 Å². The Morgan fingerprint density at radius 1 is 1.17 bits per heavy atom. The van der Waals surface area contributed by atoms with Crippen LogP contribution in [0.4, 0.5) is 0 Å². The number of benzene rings is 2. The lowest BCUT2D eigenvalue weighted by Crippen LogP contribution is -2.81. The van der Waals surface area contributed by atoms with Crippen molar-refractivity contribution in [3.05, 3.63) is 58.1 Å². The molecule has 4 atom stereocenters. The van der Waals surface area contributed by atoms with Gasteiger partial charge >= 0.3 is 0 Å². The largest absolute Gasteiger partial charge is 0.504 e. The summed E-state index contributed by atoms with van der Waals surface area (Å²) >= 11 is 6.02. The third-order valence-corrected chi connectivity index (χ3v) is 9.43. The van der Waals surface area contributed by atoms with Gasteiger partial charge in [-0.05, 0) is 80.5 Å². The van der Waals surface area contributed by atoms with Gasteiger partial charge in [-0.15, -0.1) is 0 Å². The molecular weight excluding hydrogens is 460 g/mol. The number of hydrogen-bond acceptors (Lipinski definition) is 5. The van der Waals surface area contributed by atoms with Crippen LogP contribution in [0.15, 0.2) is 36.4 Å². The van der Waals surface area contributed by atoms with E-state index in [0.29, 0.717) is 23.7 Å². The molecule has 180 valence electrons. The van der Waals surface area contributed by atoms with Crippen molar-refractivity contribution in [2.24, 2.45) is 5.92 Å². The highest BCUT2D eigenvalue weighted by atomic mass is 35.5. The third-order valence-electron chi connectivity index (χ3n) is 9.18. The molecule has 5 aliphatic rings. The van der Waals surface area contributed by atoms with Gasteiger partial charge < -0.3 is 9.84 Å². The van der Waals surface area contributed by atoms with Crippen molar-refractivity contribution in [3.8, 4) is 23.3 Å². The van der Waals surface area contributed by atoms with E-state index in [-0.39, 0.29) is 23.1 Å². The first-order valence-electron chi connectivity index (χ1n) is 12.8. The molecule has 2 heterocycles. The van der Waals surface area contributed by atoms with Crippen LogP contribution in [0.25, 0.3) is 0 Å². The van der Waals surface area contributed by atoms with Crippen molar-refractivity contribution in [3.63, 3.8) is 0 Å². The number of carbonyl (C=O) groups excluding carboxylic acids is 1. The first-order chi connectivity index (χ1) is 17.0. The number of rotatable bonds is 4. The summed E-state index contributed by atoms with van der Waals surface area (Å²) in [6.07, 6.45) is 5.12. The van der Waals surface area contributed by atoms with Crippen LogP contribution >= 0.6 is 11.6 Å². The molecule has 7 rings (SSSR count). The number of ether oxygens (including phenoxy) is 1. The monoisotopic (exact) mass is 488 g/mol. The summed E-state index contributed by atoms with van der Waals surface area (Å²) in [4.78, 5) is 16.0. The van der Waals surface area contributed by atoms with Crippen LogP contribution in [-0.4, -0.2) is 53.1 Å². The molecule has 3 aliphatic carbocycles. The molecule has 0 radical (unpaired) electrons. The third kappa shape index (κ3) is 3.06. The van der Waals surface area contributed by atoms with Crippen LogP contribution in [-0.2, 0) is 16.6 Å². The highest BCUT2D eigenvalue weighted by Gasteiger charge is 2.73. The zero-order chi connectivity index (χ0) is 23.8. The average Bonchev–Trinajstić information content (AvgIpc) is 3.60. The predicted molar refractivity (Wildman–Crippen MR) is 134 cm³/mol. The fourth-order valence-corrected chi connectivity index (χ4v) is 7.68. The number of nitrogens with one attached hydrogen (secondary N) is 1. The van der Waals surface area contributed by atoms with Gasteiger partial charge in [-0.1, -0.05) is 29.5 Å². The minimum Gasteiger partial charge on any atom is -0.504 e. The van der Waals surface area contributed by atoms with Crippen molar-refractivity contribution in [2.45, 2.75) is 61.6 Å². The van der Waals surface area contributed by atoms with E-state index < -0.39 is 11.5 Å². The number of hydrogen-bond donors (Lipinski definition) is 2. The lowest BCUT2D eigenvalue weighted by Gasteiger charge is -2.65. The van der Waals surface area contributed by atoms with E-state index in [1.54, 1.807) is 6.07 Å². The molecule has 6 heteroatoms. The molecule has 1 saturated heterocycles. The van der Waals surface area contributed by atoms with E-state index in [2.05, 4.69) is 28.1 Å². The molecule has 2 saturated carbocycles. The topological polar surface area (TPSA) is 61.8 Å². The smallest absolute Gasteiger partial charge is 0.174 e. The Kier molecular flexibility index (Phi) is 4.81. The summed E-state index contributed by atoms with van der Waals surface area (Å²) in [7, 11) is 0. The standard InChI is InChI=1S/C29H29ClN2O3/c30-21-8-5-18(6-9-21)2-1-14-31-29-12-11-23(34)27-28(29)13-15-32(17-19-3-4-19)24(29)16-20-7-10-22(33)26(35-27)25(20)28/h5-10,19,24,27,31,33H,3-4,11-17H2/t24-,27+,28+,29-/m1/s1. The number of phenolic OH excluding ortho intramolecular Hbond substituents is 1. The Balaban J connectivity index is 1.31. The molecule has 2 N–H and O–H groups in total. The van der Waals surface area contributed by atoms with Gasteiger partial charge in [-0.25, -0.2) is 0 Å². The van der Waals surface area contributed by atoms with Gasteiger partial charge in [0.25, 0.3) is 0 Å². The van der Waals surface area contributed by atoms with Gasteiger partial charge in [0, 0.05) is 40.7 Å². The first-order valence-corrected chi connectivity index (χ1v) is 13.2. The van der Waals surface area contributed by atoms with Crippen LogP contribution in [0.5, 0.6) is 11.5 Å². The summed E-state index contributed by atoms with van der Waals surface area (Å²) in [5.41, 5.74) is 2.46. The van der Waals surface area contributed by atoms with Crippen molar-refractivity contribution in [2.75, 3.05) is 19.6 Å². The van der Waals surface area contributed by atoms with E-state index >= 15 is 0 Å². The summed E-state index contributed by atoms with van der Waals surface area (Å²) < 4.78 is 6.36. The summed E-state index contributed by atoms with van der Waals surface area (Å²) in [5.74, 6) is 8.23. The quantitative estimate of drug-likeness (QED) is 0.640. The molecule has 35 heavy (non-hydrogen) atoms. The van der Waals surface area contributed by atoms with E-state index in [9.17, 15) is 9.90 Å². The number of likely N-dealkylation sites (tertiary alicyclic amines) is 1. The van der Waals surface area contributed by atoms with Gasteiger partial charge in [0.05, 0.1) is 12.0 Å². The maximum atomic E-state index is 13.3. The van der Waals surface area contributed by atoms with Gasteiger partial charge in [-0.2, -0.15) is 0 Å². The fraction of sp³-hybridized carbons (Fsp3) is 0.483. The van der Waals surface area contributed by atoms with E-state index in [0.717, 1.165) is 49.4 Å². The first kappa shape index (κ1) is 21.7. The maximum absolute atomic E-state index is 13.3. The highest BCUT2D eigenvalue weighted by Crippen LogP contribution is 2.64. The number of halogens is 1. The molecule has 0 amide bonds. The molecule has 2 aliphatic heterocycles. The van der Waals surface area contributed by atoms with Gasteiger partial charge in [0.2, 0.25) is 0 Å². The Bertz CT molecular complexity index is 1280. The number of carbonyl (C=O) groups is 1. The SMILES string of the molecule is O=C1CC[C@@]2(NCC#Cc3ccc(Cl)cc3)[C@H]3Cc4ccc(O)c5c4[C@@]2(CCN3CC2CC2)[C@H]1O5. The second kappa shape index (κ2) is 7.74. The highest BCUT2D eigenvalue weighted by molar-refractivity contribution is 6.30. The minimum absolute atomic E-state index is 0.149. The number of aromatic hydroxyl groups is 1. The van der Waals surface area contributed by atoms with Crippen LogP contribution < -0.4 is 10.1 Å². The van der Waals surface area contributed by atoms with E-state index in [4.69, 9.17) is 16.3 Å². The summed E-state index contributed by atoms with van der Waals surface area (Å²) in [6, 6.07) is 11.7. The van der Waals surface area contributed by atoms with Crippen molar-refractivity contribution in [1.82, 2.24) is 10.2 Å². The van der Waals surface area contributed by atoms with Crippen LogP contribution in [0.3, 0.4) is 0 Å². The molecule has 0 unspecified atom stereocenters. The molecule has 2 aromatic carbocycles. The lowest BCUT2D eigenvalue weighted by atomic mass is 9.47. The van der Waals surface area contributed by atoms with E-state index in [1.807, 2.05) is 24.3 Å². The molecule has 0 aromatic heterocycles. The Morgan fingerprint density at radius 2 is 2.00 bits per heavy atom. The number of Topliss-reactive ketones (excluding diaryl/α,β-unsaturated/α-hetero) is 1. The minimum atomic E-state index is -0.541. The van der Waals surface area contributed by atoms with Crippen molar-refractivity contribution < 1.29 is 14.6 Å². The maximum Gasteiger partial charge on any atom is 0.174 e. The van der Waals surface area contributed by atoms with Crippen LogP contribution in [0.2, 0.25) is 5.02 Å². The Hall–Kier alpha value is -2.52. The molecule has 3 fully saturated rings. The van der Waals surface area contributed by atoms with Crippen LogP contribution in [0.1, 0.15) is 48.8 Å². The predicted octanol–water partition coefficient (Wildman–Crippen LogP) is 3.83. The zero-order valence-corrected chi connectivity index (χ0v) is 20.4. The summed E-state index contributed by atoms with van der Waals surface area (Å²) in [5, 5.41) is 15.3. The number of ketones is 1. The lowest BCUT2D eigenvalue weighted by molar-refractivity contribution is -0.144. The van der Waals surface area contributed by atoms with Gasteiger partial charge in [0.15, 0.2) is 23.4 Å². The zero-order valence-electron chi connectivity index (χ0n) is 19.6. The van der Waals surface area contributed by atoms with Crippen molar-refractivity contribution in [1.29, 1.82) is 0 Å². The van der Waals surface area contributed by atoms with Crippen LogP contribution in [0, 0.1) is 17.8 Å². The molecule has 1 spiro atoms. The van der Waals surface area contributed by atoms with Crippen molar-refractivity contribution >= 4 is 17.4 Å². The van der Waals surface area contributed by atoms with E-state index in [1.165, 1.54) is 18.4 Å². The molecular formula is C29H29ClN2O3. The second-order valence-corrected chi connectivity index (χ2v) is 11.4. The molecule has 2 aromatic rings. The average molecular weight is 489 g/mol. The fourth-order valence-electron chi connectivity index (χ4n) is 7.55. The number of phenols is 1. The summed E-state index contributed by atoms with van der Waals surface area (Å²) in [6.45, 7) is 2.62. The number of piperidine rings is 1. The van der Waals surface area contributed by atoms with Gasteiger partial charge in [-0.3, -0.25) is 15.0 Å². The van der Waals surface area contributed by atoms with Gasteiger partial charge in [0.1, 0.15) is 0 Å². The molecule has 2 bridgehead atoms. The normalized spacial score (nSPS) is 32.4. The second-order valence-electron chi connectivity index (χ2n) is 10.9.